The first-order chi connectivity index (χ1) is 5.82. The predicted octanol–water partition coefficient (Wildman–Crippen LogP) is 1.72. The van der Waals surface area contributed by atoms with Gasteiger partial charge in [0.05, 0.1) is 0 Å². The van der Waals surface area contributed by atoms with E-state index in [0.717, 1.165) is 4.88 Å². The second-order valence-corrected chi connectivity index (χ2v) is 4.82. The van der Waals surface area contributed by atoms with Gasteiger partial charge in [0.2, 0.25) is 0 Å². The van der Waals surface area contributed by atoms with Gasteiger partial charge in [-0.1, -0.05) is 20.8 Å². The molecule has 0 aliphatic heterocycles. The van der Waals surface area contributed by atoms with Gasteiger partial charge in [0, 0.05) is 4.88 Å². The highest BCUT2D eigenvalue weighted by Gasteiger charge is 2.25. The van der Waals surface area contributed by atoms with Gasteiger partial charge in [-0.25, -0.2) is 9.78 Å². The monoisotopic (exact) mass is 200 g/mol. The molecule has 72 valence electrons. The van der Waals surface area contributed by atoms with Crippen LogP contribution in [-0.2, 0) is 5.41 Å². The molecule has 0 saturated carbocycles. The van der Waals surface area contributed by atoms with Crippen LogP contribution in [0.25, 0.3) is 0 Å². The Morgan fingerprint density at radius 3 is 2.38 bits per heavy atom. The van der Waals surface area contributed by atoms with Crippen molar-refractivity contribution in [2.75, 3.05) is 5.73 Å². The number of anilines is 1. The van der Waals surface area contributed by atoms with Crippen LogP contribution in [0.15, 0.2) is 0 Å². The summed E-state index contributed by atoms with van der Waals surface area (Å²) in [5, 5.41) is 9.14. The third kappa shape index (κ3) is 1.98. The van der Waals surface area contributed by atoms with Crippen LogP contribution in [0.5, 0.6) is 0 Å². The molecule has 0 atom stereocenters. The Kier molecular flexibility index (Phi) is 2.30. The number of aromatic carboxylic acids is 1. The van der Waals surface area contributed by atoms with Gasteiger partial charge < -0.3 is 10.8 Å². The molecule has 0 radical (unpaired) electrons. The minimum Gasteiger partial charge on any atom is -0.476 e. The van der Waals surface area contributed by atoms with E-state index in [1.54, 1.807) is 0 Å². The van der Waals surface area contributed by atoms with Gasteiger partial charge >= 0.3 is 5.97 Å². The second kappa shape index (κ2) is 2.99. The molecule has 13 heavy (non-hydrogen) atoms. The standard InChI is InChI=1S/C8H12N2O2S/c1-8(2,3)5-4(6(11)12)10-7(9)13-5/h1-3H3,(H2,9,10)(H,11,12). The van der Waals surface area contributed by atoms with E-state index in [1.807, 2.05) is 20.8 Å². The van der Waals surface area contributed by atoms with Crippen molar-refractivity contribution in [1.29, 1.82) is 0 Å². The molecule has 1 aromatic heterocycles. The molecule has 5 heteroatoms. The SMILES string of the molecule is CC(C)(C)c1sc(N)nc1C(=O)O. The van der Waals surface area contributed by atoms with E-state index in [2.05, 4.69) is 4.98 Å². The topological polar surface area (TPSA) is 76.2 Å². The summed E-state index contributed by atoms with van der Waals surface area (Å²) in [7, 11) is 0. The second-order valence-electron chi connectivity index (χ2n) is 3.78. The van der Waals surface area contributed by atoms with Gasteiger partial charge in [0.1, 0.15) is 0 Å². The summed E-state index contributed by atoms with van der Waals surface area (Å²) in [5.74, 6) is -1.02. The summed E-state index contributed by atoms with van der Waals surface area (Å²) in [6.07, 6.45) is 0. The fourth-order valence-electron chi connectivity index (χ4n) is 0.990. The van der Waals surface area contributed by atoms with Crippen LogP contribution in [0, 0.1) is 0 Å². The van der Waals surface area contributed by atoms with Crippen molar-refractivity contribution >= 4 is 22.4 Å². The molecule has 3 N–H and O–H groups in total. The maximum absolute atomic E-state index is 10.8. The van der Waals surface area contributed by atoms with E-state index in [1.165, 1.54) is 11.3 Å². The number of nitrogens with zero attached hydrogens (tertiary/aromatic N) is 1. The summed E-state index contributed by atoms with van der Waals surface area (Å²) in [6.45, 7) is 5.81. The van der Waals surface area contributed by atoms with Crippen LogP contribution in [-0.4, -0.2) is 16.1 Å². The summed E-state index contributed by atoms with van der Waals surface area (Å²) in [5.41, 5.74) is 5.32. The lowest BCUT2D eigenvalue weighted by atomic mass is 9.93. The maximum atomic E-state index is 10.8. The minimum atomic E-state index is -1.02. The molecule has 0 saturated heterocycles. The molecular formula is C8H12N2O2S. The number of aromatic nitrogens is 1. The molecule has 0 spiro atoms. The molecule has 0 aliphatic carbocycles. The number of carboxylic acids is 1. The maximum Gasteiger partial charge on any atom is 0.355 e. The van der Waals surface area contributed by atoms with Crippen molar-refractivity contribution < 1.29 is 9.90 Å². The molecule has 0 unspecified atom stereocenters. The van der Waals surface area contributed by atoms with Crippen LogP contribution in [0.4, 0.5) is 5.13 Å². The fourth-order valence-corrected chi connectivity index (χ4v) is 1.87. The van der Waals surface area contributed by atoms with Gasteiger partial charge in [0.15, 0.2) is 10.8 Å². The van der Waals surface area contributed by atoms with E-state index >= 15 is 0 Å². The number of thiazole rings is 1. The quantitative estimate of drug-likeness (QED) is 0.723. The van der Waals surface area contributed by atoms with Crippen molar-refractivity contribution in [2.45, 2.75) is 26.2 Å². The lowest BCUT2D eigenvalue weighted by Crippen LogP contribution is -2.14. The predicted molar refractivity (Wildman–Crippen MR) is 52.2 cm³/mol. The minimum absolute atomic E-state index is 0.0787. The smallest absolute Gasteiger partial charge is 0.355 e. The highest BCUT2D eigenvalue weighted by molar-refractivity contribution is 7.15. The molecule has 0 aromatic carbocycles. The number of rotatable bonds is 1. The number of carboxylic acid groups (broad SMARTS) is 1. The number of nitrogen functional groups attached to an aromatic ring is 1. The first-order valence-corrected chi connectivity index (χ1v) is 4.64. The normalized spacial score (nSPS) is 11.6. The zero-order valence-electron chi connectivity index (χ0n) is 7.79. The molecule has 0 bridgehead atoms. The molecule has 4 nitrogen and oxygen atoms in total. The summed E-state index contributed by atoms with van der Waals surface area (Å²) >= 11 is 1.24. The molecule has 1 aromatic rings. The van der Waals surface area contributed by atoms with Gasteiger partial charge in [0.25, 0.3) is 0 Å². The lowest BCUT2D eigenvalue weighted by molar-refractivity contribution is 0.0689. The lowest BCUT2D eigenvalue weighted by Gasteiger charge is -2.15. The molecule has 0 fully saturated rings. The van der Waals surface area contributed by atoms with Crippen LogP contribution < -0.4 is 5.73 Å². The summed E-state index contributed by atoms with van der Waals surface area (Å²) in [6, 6.07) is 0. The molecule has 0 amide bonds. The number of hydrogen-bond donors (Lipinski definition) is 2. The Balaban J connectivity index is 3.28. The van der Waals surface area contributed by atoms with Gasteiger partial charge in [-0.2, -0.15) is 0 Å². The highest BCUT2D eigenvalue weighted by Crippen LogP contribution is 2.32. The molecule has 1 rings (SSSR count). The number of hydrogen-bond acceptors (Lipinski definition) is 4. The molecular weight excluding hydrogens is 188 g/mol. The van der Waals surface area contributed by atoms with Crippen molar-refractivity contribution in [2.24, 2.45) is 0 Å². The Morgan fingerprint density at radius 2 is 2.08 bits per heavy atom. The zero-order chi connectivity index (χ0) is 10.2. The van der Waals surface area contributed by atoms with Crippen molar-refractivity contribution in [3.8, 4) is 0 Å². The summed E-state index contributed by atoms with van der Waals surface area (Å²) < 4.78 is 0. The van der Waals surface area contributed by atoms with Gasteiger partial charge in [-0.05, 0) is 5.41 Å². The zero-order valence-corrected chi connectivity index (χ0v) is 8.60. The Labute approximate surface area is 80.4 Å². The third-order valence-electron chi connectivity index (χ3n) is 1.53. The number of carbonyl (C=O) groups is 1. The Morgan fingerprint density at radius 1 is 1.54 bits per heavy atom. The van der Waals surface area contributed by atoms with E-state index in [9.17, 15) is 4.79 Å². The largest absolute Gasteiger partial charge is 0.476 e. The van der Waals surface area contributed by atoms with E-state index in [-0.39, 0.29) is 11.1 Å². The van der Waals surface area contributed by atoms with E-state index in [0.29, 0.717) is 5.13 Å². The molecule has 0 aliphatic rings. The van der Waals surface area contributed by atoms with Crippen molar-refractivity contribution in [1.82, 2.24) is 4.98 Å². The van der Waals surface area contributed by atoms with Gasteiger partial charge in [-0.3, -0.25) is 0 Å². The number of nitrogens with two attached hydrogens (primary N) is 1. The van der Waals surface area contributed by atoms with Crippen LogP contribution in [0.1, 0.15) is 36.1 Å². The Bertz CT molecular complexity index is 338. The van der Waals surface area contributed by atoms with Crippen molar-refractivity contribution in [3.05, 3.63) is 10.6 Å². The fraction of sp³-hybridized carbons (Fsp3) is 0.500. The average molecular weight is 200 g/mol. The highest BCUT2D eigenvalue weighted by atomic mass is 32.1. The van der Waals surface area contributed by atoms with Crippen LogP contribution in [0.2, 0.25) is 0 Å². The Hall–Kier alpha value is -1.10. The van der Waals surface area contributed by atoms with Crippen LogP contribution in [0.3, 0.4) is 0 Å². The van der Waals surface area contributed by atoms with Crippen LogP contribution >= 0.6 is 11.3 Å². The van der Waals surface area contributed by atoms with E-state index < -0.39 is 5.97 Å². The molecule has 1 heterocycles. The van der Waals surface area contributed by atoms with E-state index in [4.69, 9.17) is 10.8 Å². The first-order valence-electron chi connectivity index (χ1n) is 3.82. The van der Waals surface area contributed by atoms with Crippen molar-refractivity contribution in [3.63, 3.8) is 0 Å². The third-order valence-corrected chi connectivity index (χ3v) is 2.84. The summed E-state index contributed by atoms with van der Waals surface area (Å²) in [4.78, 5) is 15.3. The first kappa shape index (κ1) is 9.98. The average Bonchev–Trinajstić information content (AvgIpc) is 2.29. The van der Waals surface area contributed by atoms with Gasteiger partial charge in [-0.15, -0.1) is 11.3 Å².